The van der Waals surface area contributed by atoms with E-state index in [1.54, 1.807) is 37.1 Å². The van der Waals surface area contributed by atoms with Crippen molar-refractivity contribution < 1.29 is 27.6 Å². The molecule has 2 aromatic carbocycles. The molecule has 1 heterocycles. The van der Waals surface area contributed by atoms with Crippen LogP contribution in [0.2, 0.25) is 5.02 Å². The Morgan fingerprint density at radius 2 is 2.00 bits per heavy atom. The van der Waals surface area contributed by atoms with Gasteiger partial charge in [0.05, 0.1) is 21.2 Å². The van der Waals surface area contributed by atoms with Gasteiger partial charge in [-0.25, -0.2) is 0 Å². The van der Waals surface area contributed by atoms with Crippen molar-refractivity contribution >= 4 is 17.3 Å². The van der Waals surface area contributed by atoms with E-state index in [0.29, 0.717) is 22.9 Å². The van der Waals surface area contributed by atoms with E-state index in [-0.39, 0.29) is 10.8 Å². The van der Waals surface area contributed by atoms with Crippen LogP contribution in [0, 0.1) is 10.1 Å². The van der Waals surface area contributed by atoms with Crippen LogP contribution < -0.4 is 14.4 Å². The number of ether oxygens (including phenoxy) is 2. The third-order valence-corrected chi connectivity index (χ3v) is 4.42. The van der Waals surface area contributed by atoms with Crippen molar-refractivity contribution in [2.45, 2.75) is 19.2 Å². The molecule has 1 aliphatic heterocycles. The highest BCUT2D eigenvalue weighted by molar-refractivity contribution is 6.32. The maximum absolute atomic E-state index is 12.7. The molecule has 0 fully saturated rings. The van der Waals surface area contributed by atoms with Crippen molar-refractivity contribution in [3.05, 3.63) is 69.0 Å². The molecule has 0 spiro atoms. The van der Waals surface area contributed by atoms with Crippen LogP contribution in [0.5, 0.6) is 17.2 Å². The zero-order valence-electron chi connectivity index (χ0n) is 14.7. The second kappa shape index (κ2) is 7.23. The van der Waals surface area contributed by atoms with E-state index < -0.39 is 22.8 Å². The third kappa shape index (κ3) is 3.99. The van der Waals surface area contributed by atoms with E-state index in [4.69, 9.17) is 21.1 Å². The maximum atomic E-state index is 12.7. The lowest BCUT2D eigenvalue weighted by Crippen LogP contribution is -2.34. The number of halogens is 4. The van der Waals surface area contributed by atoms with Gasteiger partial charge >= 0.3 is 6.18 Å². The summed E-state index contributed by atoms with van der Waals surface area (Å²) in [4.78, 5) is 11.9. The highest BCUT2D eigenvalue weighted by atomic mass is 35.5. The number of benzene rings is 2. The average molecular weight is 415 g/mol. The first-order valence-corrected chi connectivity index (χ1v) is 8.38. The Morgan fingerprint density at radius 1 is 1.29 bits per heavy atom. The summed E-state index contributed by atoms with van der Waals surface area (Å²) < 4.78 is 49.5. The highest BCUT2D eigenvalue weighted by Crippen LogP contribution is 2.41. The third-order valence-electron chi connectivity index (χ3n) is 4.12. The summed E-state index contributed by atoms with van der Waals surface area (Å²) in [6.45, 7) is 1.66. The van der Waals surface area contributed by atoms with Gasteiger partial charge in [-0.05, 0) is 37.3 Å². The Hall–Kier alpha value is -2.94. The topological polar surface area (TPSA) is 64.8 Å². The molecule has 0 amide bonds. The molecular formula is C18H14ClF3N2O4. The predicted octanol–water partition coefficient (Wildman–Crippen LogP) is 5.49. The van der Waals surface area contributed by atoms with E-state index >= 15 is 0 Å². The van der Waals surface area contributed by atoms with Gasteiger partial charge in [-0.3, -0.25) is 10.1 Å². The summed E-state index contributed by atoms with van der Waals surface area (Å²) in [7, 11) is 1.67. The summed E-state index contributed by atoms with van der Waals surface area (Å²) in [5.74, 6) is 0.763. The number of anilines is 1. The highest BCUT2D eigenvalue weighted by Gasteiger charge is 2.31. The van der Waals surface area contributed by atoms with Gasteiger partial charge in [0, 0.05) is 13.1 Å². The predicted molar refractivity (Wildman–Crippen MR) is 96.5 cm³/mol. The zero-order chi connectivity index (χ0) is 20.6. The van der Waals surface area contributed by atoms with Crippen molar-refractivity contribution in [1.29, 1.82) is 0 Å². The van der Waals surface area contributed by atoms with E-state index in [1.807, 2.05) is 0 Å². The second-order valence-electron chi connectivity index (χ2n) is 6.03. The fraction of sp³-hybridized carbons (Fsp3) is 0.222. The standard InChI is InChI=1S/C18H14ClF3N2O4/c1-10-15(9-24(25)26)23(2)14-5-4-12(8-17(14)27-10)28-16-6-3-11(7-13(16)19)18(20,21)22/h3-10H,1-2H3. The molecule has 1 unspecified atom stereocenters. The summed E-state index contributed by atoms with van der Waals surface area (Å²) in [6, 6.07) is 7.53. The van der Waals surface area contributed by atoms with Gasteiger partial charge in [0.15, 0.2) is 0 Å². The molecule has 148 valence electrons. The van der Waals surface area contributed by atoms with Crippen molar-refractivity contribution in [3.63, 3.8) is 0 Å². The normalized spacial score (nSPS) is 17.9. The Balaban J connectivity index is 1.88. The second-order valence-corrected chi connectivity index (χ2v) is 6.44. The van der Waals surface area contributed by atoms with Gasteiger partial charge in [-0.1, -0.05) is 11.6 Å². The molecule has 6 nitrogen and oxygen atoms in total. The molecule has 1 aliphatic rings. The number of nitro groups is 1. The van der Waals surface area contributed by atoms with Gasteiger partial charge in [-0.2, -0.15) is 13.2 Å². The number of alkyl halides is 3. The molecule has 0 saturated carbocycles. The van der Waals surface area contributed by atoms with Crippen LogP contribution in [0.1, 0.15) is 12.5 Å². The number of fused-ring (bicyclic) bond motifs is 1. The SMILES string of the molecule is CC1Oc2cc(Oc3ccc(C(F)(F)F)cc3Cl)ccc2N(C)C1=C[N+](=O)[O-]. The minimum Gasteiger partial charge on any atom is -0.482 e. The first kappa shape index (κ1) is 19.8. The lowest BCUT2D eigenvalue weighted by molar-refractivity contribution is -0.404. The molecular weight excluding hydrogens is 401 g/mol. The van der Waals surface area contributed by atoms with Crippen LogP contribution in [-0.2, 0) is 6.18 Å². The van der Waals surface area contributed by atoms with Crippen LogP contribution >= 0.6 is 11.6 Å². The van der Waals surface area contributed by atoms with E-state index in [9.17, 15) is 23.3 Å². The Morgan fingerprint density at radius 3 is 2.61 bits per heavy atom. The summed E-state index contributed by atoms with van der Waals surface area (Å²) in [6.07, 6.45) is -4.20. The van der Waals surface area contributed by atoms with Crippen molar-refractivity contribution in [2.24, 2.45) is 0 Å². The van der Waals surface area contributed by atoms with Crippen LogP contribution in [-0.4, -0.2) is 18.1 Å². The molecule has 0 N–H and O–H groups in total. The Kier molecular flexibility index (Phi) is 5.12. The number of nitrogens with zero attached hydrogens (tertiary/aromatic N) is 2. The first-order valence-electron chi connectivity index (χ1n) is 8.00. The maximum Gasteiger partial charge on any atom is 0.416 e. The van der Waals surface area contributed by atoms with Gasteiger partial charge in [0.1, 0.15) is 29.0 Å². The fourth-order valence-electron chi connectivity index (χ4n) is 2.78. The monoisotopic (exact) mass is 414 g/mol. The van der Waals surface area contributed by atoms with E-state index in [2.05, 4.69) is 0 Å². The first-order chi connectivity index (χ1) is 13.1. The van der Waals surface area contributed by atoms with Crippen molar-refractivity contribution in [3.8, 4) is 17.2 Å². The zero-order valence-corrected chi connectivity index (χ0v) is 15.4. The van der Waals surface area contributed by atoms with E-state index in [1.165, 1.54) is 0 Å². The molecule has 0 aliphatic carbocycles. The molecule has 1 atom stereocenters. The Bertz CT molecular complexity index is 962. The molecule has 2 aromatic rings. The van der Waals surface area contributed by atoms with Gasteiger partial charge < -0.3 is 14.4 Å². The lowest BCUT2D eigenvalue weighted by atomic mass is 10.1. The number of hydrogen-bond acceptors (Lipinski definition) is 5. The van der Waals surface area contributed by atoms with E-state index in [0.717, 1.165) is 24.4 Å². The van der Waals surface area contributed by atoms with Crippen LogP contribution in [0.4, 0.5) is 18.9 Å². The summed E-state index contributed by atoms with van der Waals surface area (Å²) >= 11 is 5.91. The Labute approximate surface area is 162 Å². The van der Waals surface area contributed by atoms with Crippen LogP contribution in [0.15, 0.2) is 48.3 Å². The summed E-state index contributed by atoms with van der Waals surface area (Å²) in [5.41, 5.74) is 0.0770. The number of likely N-dealkylation sites (N-methyl/N-ethyl adjacent to an activating group) is 1. The van der Waals surface area contributed by atoms with Gasteiger partial charge in [0.25, 0.3) is 6.20 Å². The van der Waals surface area contributed by atoms with Crippen LogP contribution in [0.25, 0.3) is 0 Å². The quantitative estimate of drug-likeness (QED) is 0.491. The summed E-state index contributed by atoms with van der Waals surface area (Å²) in [5, 5.41) is 10.6. The molecule has 0 bridgehead atoms. The molecule has 10 heteroatoms. The van der Waals surface area contributed by atoms with Crippen molar-refractivity contribution in [2.75, 3.05) is 11.9 Å². The van der Waals surface area contributed by atoms with Crippen LogP contribution in [0.3, 0.4) is 0 Å². The van der Waals surface area contributed by atoms with Gasteiger partial charge in [0.2, 0.25) is 0 Å². The fourth-order valence-corrected chi connectivity index (χ4v) is 3.00. The molecule has 0 radical (unpaired) electrons. The average Bonchev–Trinajstić information content (AvgIpc) is 2.59. The molecule has 28 heavy (non-hydrogen) atoms. The molecule has 0 aromatic heterocycles. The van der Waals surface area contributed by atoms with Gasteiger partial charge in [-0.15, -0.1) is 0 Å². The lowest BCUT2D eigenvalue weighted by Gasteiger charge is -2.33. The largest absolute Gasteiger partial charge is 0.482 e. The molecule has 3 rings (SSSR count). The van der Waals surface area contributed by atoms with Crippen molar-refractivity contribution in [1.82, 2.24) is 0 Å². The number of hydrogen-bond donors (Lipinski definition) is 0. The molecule has 0 saturated heterocycles. The smallest absolute Gasteiger partial charge is 0.416 e. The minimum atomic E-state index is -4.50. The number of rotatable bonds is 3. The minimum absolute atomic E-state index is 0.0563.